The minimum atomic E-state index is -3.31. The summed E-state index contributed by atoms with van der Waals surface area (Å²) in [4.78, 5) is 16.8. The van der Waals surface area contributed by atoms with Crippen molar-refractivity contribution >= 4 is 32.5 Å². The molecule has 26 heavy (non-hydrogen) atoms. The molecule has 0 bridgehead atoms. The minimum Gasteiger partial charge on any atom is -0.436 e. The monoisotopic (exact) mass is 370 g/mol. The molecule has 0 atom stereocenters. The molecule has 0 unspecified atom stereocenters. The van der Waals surface area contributed by atoms with Crippen LogP contribution in [0, 0.1) is 5.92 Å². The Morgan fingerprint density at radius 1 is 1.23 bits per heavy atom. The highest BCUT2D eigenvalue weighted by Gasteiger charge is 2.30. The first kappa shape index (κ1) is 16.8. The highest BCUT2D eigenvalue weighted by Crippen LogP contribution is 2.34. The molecule has 1 fully saturated rings. The molecule has 1 aliphatic rings. The van der Waals surface area contributed by atoms with Crippen molar-refractivity contribution in [3.63, 3.8) is 0 Å². The molecule has 1 heterocycles. The Hall–Kier alpha value is -2.67. The first-order chi connectivity index (χ1) is 12.5. The molecule has 1 saturated carbocycles. The van der Waals surface area contributed by atoms with E-state index in [1.807, 2.05) is 18.2 Å². The van der Waals surface area contributed by atoms with Gasteiger partial charge in [0.15, 0.2) is 15.4 Å². The zero-order chi connectivity index (χ0) is 18.3. The number of sulfone groups is 1. The maximum Gasteiger partial charge on any atom is 0.229 e. The number of anilines is 1. The number of oxazole rings is 1. The SMILES string of the molecule is CCS(=O)(=O)c1ccc2oc(-c3ccccc3NC(=O)C3CC3)nc2c1. The standard InChI is InChI=1S/C19H18N2O4S/c1-2-26(23,24)13-9-10-17-16(11-13)21-19(25-17)14-5-3-4-6-15(14)20-18(22)12-7-8-12/h3-6,9-12H,2,7-8H2,1H3,(H,20,22). The van der Waals surface area contributed by atoms with Crippen LogP contribution in [-0.2, 0) is 14.6 Å². The lowest BCUT2D eigenvalue weighted by atomic mass is 10.1. The number of hydrogen-bond donors (Lipinski definition) is 1. The van der Waals surface area contributed by atoms with Gasteiger partial charge in [-0.15, -0.1) is 0 Å². The van der Waals surface area contributed by atoms with Crippen LogP contribution in [-0.4, -0.2) is 25.1 Å². The Balaban J connectivity index is 1.74. The number of hydrogen-bond acceptors (Lipinski definition) is 5. The summed E-state index contributed by atoms with van der Waals surface area (Å²) in [6.45, 7) is 1.60. The molecule has 1 aromatic heterocycles. The van der Waals surface area contributed by atoms with E-state index in [4.69, 9.17) is 4.42 Å². The number of rotatable bonds is 5. The van der Waals surface area contributed by atoms with Crippen LogP contribution in [0.5, 0.6) is 0 Å². The van der Waals surface area contributed by atoms with Crippen LogP contribution in [0.15, 0.2) is 51.8 Å². The molecule has 0 spiro atoms. The highest BCUT2D eigenvalue weighted by atomic mass is 32.2. The Morgan fingerprint density at radius 3 is 2.73 bits per heavy atom. The fourth-order valence-corrected chi connectivity index (χ4v) is 3.64. The second-order valence-electron chi connectivity index (χ2n) is 6.36. The van der Waals surface area contributed by atoms with E-state index in [-0.39, 0.29) is 22.5 Å². The van der Waals surface area contributed by atoms with E-state index in [1.54, 1.807) is 19.1 Å². The first-order valence-corrected chi connectivity index (χ1v) is 10.2. The third-order valence-corrected chi connectivity index (χ3v) is 6.19. The van der Waals surface area contributed by atoms with E-state index in [0.29, 0.717) is 28.2 Å². The number of carbonyl (C=O) groups is 1. The van der Waals surface area contributed by atoms with Crippen molar-refractivity contribution in [2.45, 2.75) is 24.7 Å². The summed E-state index contributed by atoms with van der Waals surface area (Å²) in [5.41, 5.74) is 2.27. The predicted octanol–water partition coefficient (Wildman–Crippen LogP) is 3.64. The molecule has 2 aromatic carbocycles. The summed E-state index contributed by atoms with van der Waals surface area (Å²) in [5, 5.41) is 2.93. The summed E-state index contributed by atoms with van der Waals surface area (Å²) < 4.78 is 29.9. The van der Waals surface area contributed by atoms with Gasteiger partial charge in [-0.05, 0) is 43.2 Å². The second kappa shape index (κ2) is 6.25. The molecule has 4 rings (SSSR count). The lowest BCUT2D eigenvalue weighted by molar-refractivity contribution is -0.117. The topological polar surface area (TPSA) is 89.3 Å². The van der Waals surface area contributed by atoms with E-state index in [9.17, 15) is 13.2 Å². The van der Waals surface area contributed by atoms with Gasteiger partial charge in [0.2, 0.25) is 11.8 Å². The number of para-hydroxylation sites is 1. The van der Waals surface area contributed by atoms with Crippen molar-refractivity contribution < 1.29 is 17.6 Å². The van der Waals surface area contributed by atoms with Crippen LogP contribution >= 0.6 is 0 Å². The largest absolute Gasteiger partial charge is 0.436 e. The summed E-state index contributed by atoms with van der Waals surface area (Å²) in [6, 6.07) is 11.9. The van der Waals surface area contributed by atoms with E-state index in [2.05, 4.69) is 10.3 Å². The van der Waals surface area contributed by atoms with Crippen molar-refractivity contribution in [2.24, 2.45) is 5.92 Å². The van der Waals surface area contributed by atoms with Gasteiger partial charge in [0.1, 0.15) is 5.52 Å². The number of benzene rings is 2. The second-order valence-corrected chi connectivity index (χ2v) is 8.64. The van der Waals surface area contributed by atoms with Gasteiger partial charge in [0, 0.05) is 5.92 Å². The van der Waals surface area contributed by atoms with Crippen molar-refractivity contribution in [3.05, 3.63) is 42.5 Å². The molecule has 1 amide bonds. The van der Waals surface area contributed by atoms with Crippen LogP contribution in [0.2, 0.25) is 0 Å². The maximum absolute atomic E-state index is 12.1. The van der Waals surface area contributed by atoms with Crippen molar-refractivity contribution in [1.82, 2.24) is 4.98 Å². The molecule has 134 valence electrons. The van der Waals surface area contributed by atoms with Crippen LogP contribution in [0.3, 0.4) is 0 Å². The molecule has 1 aliphatic carbocycles. The quantitative estimate of drug-likeness (QED) is 0.741. The number of carbonyl (C=O) groups excluding carboxylic acids is 1. The van der Waals surface area contributed by atoms with E-state index in [1.165, 1.54) is 12.1 Å². The first-order valence-electron chi connectivity index (χ1n) is 8.51. The molecular weight excluding hydrogens is 352 g/mol. The van der Waals surface area contributed by atoms with Crippen LogP contribution in [0.4, 0.5) is 5.69 Å². The lowest BCUT2D eigenvalue weighted by Crippen LogP contribution is -2.13. The van der Waals surface area contributed by atoms with Gasteiger partial charge in [-0.2, -0.15) is 0 Å². The third-order valence-electron chi connectivity index (χ3n) is 4.46. The summed E-state index contributed by atoms with van der Waals surface area (Å²) >= 11 is 0. The Labute approximate surface area is 151 Å². The van der Waals surface area contributed by atoms with Crippen molar-refractivity contribution in [1.29, 1.82) is 0 Å². The number of nitrogens with one attached hydrogen (secondary N) is 1. The van der Waals surface area contributed by atoms with Crippen molar-refractivity contribution in [3.8, 4) is 11.5 Å². The Kier molecular flexibility index (Phi) is 4.03. The van der Waals surface area contributed by atoms with Crippen LogP contribution in [0.25, 0.3) is 22.6 Å². The molecule has 0 aliphatic heterocycles. The molecule has 0 saturated heterocycles. The molecule has 1 N–H and O–H groups in total. The number of fused-ring (bicyclic) bond motifs is 1. The van der Waals surface area contributed by atoms with Gasteiger partial charge in [0.05, 0.1) is 21.9 Å². The maximum atomic E-state index is 12.1. The molecule has 3 aromatic rings. The third kappa shape index (κ3) is 3.10. The molecule has 6 nitrogen and oxygen atoms in total. The lowest BCUT2D eigenvalue weighted by Gasteiger charge is -2.07. The van der Waals surface area contributed by atoms with Gasteiger partial charge in [-0.25, -0.2) is 13.4 Å². The van der Waals surface area contributed by atoms with Crippen molar-refractivity contribution in [2.75, 3.05) is 11.1 Å². The fraction of sp³-hybridized carbons (Fsp3) is 0.263. The molecule has 7 heteroatoms. The Bertz CT molecular complexity index is 1100. The minimum absolute atomic E-state index is 0.00452. The number of nitrogens with zero attached hydrogens (tertiary/aromatic N) is 1. The van der Waals surface area contributed by atoms with Gasteiger partial charge < -0.3 is 9.73 Å². The number of aromatic nitrogens is 1. The molecular formula is C19H18N2O4S. The van der Waals surface area contributed by atoms with Gasteiger partial charge in [-0.1, -0.05) is 19.1 Å². The summed E-state index contributed by atoms with van der Waals surface area (Å²) in [5.74, 6) is 0.468. The zero-order valence-corrected chi connectivity index (χ0v) is 15.0. The Morgan fingerprint density at radius 2 is 2.00 bits per heavy atom. The predicted molar refractivity (Wildman–Crippen MR) is 98.5 cm³/mol. The van der Waals surface area contributed by atoms with Crippen LogP contribution < -0.4 is 5.32 Å². The van der Waals surface area contributed by atoms with Gasteiger partial charge >= 0.3 is 0 Å². The fourth-order valence-electron chi connectivity index (χ4n) is 2.74. The number of amides is 1. The highest BCUT2D eigenvalue weighted by molar-refractivity contribution is 7.91. The van der Waals surface area contributed by atoms with Crippen LogP contribution in [0.1, 0.15) is 19.8 Å². The van der Waals surface area contributed by atoms with E-state index in [0.717, 1.165) is 12.8 Å². The van der Waals surface area contributed by atoms with E-state index < -0.39 is 9.84 Å². The van der Waals surface area contributed by atoms with E-state index >= 15 is 0 Å². The normalized spacial score (nSPS) is 14.5. The summed E-state index contributed by atoms with van der Waals surface area (Å²) in [7, 11) is -3.31. The zero-order valence-electron chi connectivity index (χ0n) is 14.2. The average molecular weight is 370 g/mol. The summed E-state index contributed by atoms with van der Waals surface area (Å²) in [6.07, 6.45) is 1.84. The molecule has 0 radical (unpaired) electrons. The van der Waals surface area contributed by atoms with Gasteiger partial charge in [-0.3, -0.25) is 4.79 Å². The average Bonchev–Trinajstić information content (AvgIpc) is 3.41. The smallest absolute Gasteiger partial charge is 0.229 e. The van der Waals surface area contributed by atoms with Gasteiger partial charge in [0.25, 0.3) is 0 Å².